The number of fused-ring (bicyclic) bond motifs is 1. The lowest BCUT2D eigenvalue weighted by atomic mass is 10.2. The summed E-state index contributed by atoms with van der Waals surface area (Å²) in [4.78, 5) is 20.6. The number of benzene rings is 1. The van der Waals surface area contributed by atoms with E-state index in [1.165, 1.54) is 15.9 Å². The van der Waals surface area contributed by atoms with Crippen molar-refractivity contribution in [2.24, 2.45) is 0 Å². The predicted molar refractivity (Wildman–Crippen MR) is 100 cm³/mol. The Labute approximate surface area is 146 Å². The first-order chi connectivity index (χ1) is 11.6. The molecule has 0 aliphatic carbocycles. The molecular formula is C17H14N4OS2. The van der Waals surface area contributed by atoms with Crippen LogP contribution in [0.2, 0.25) is 0 Å². The highest BCUT2D eigenvalue weighted by atomic mass is 32.1. The van der Waals surface area contributed by atoms with Crippen LogP contribution in [0.15, 0.2) is 46.6 Å². The van der Waals surface area contributed by atoms with Crippen molar-refractivity contribution in [1.29, 1.82) is 0 Å². The van der Waals surface area contributed by atoms with E-state index in [2.05, 4.69) is 10.1 Å². The van der Waals surface area contributed by atoms with Crippen molar-refractivity contribution in [2.45, 2.75) is 0 Å². The zero-order valence-corrected chi connectivity index (χ0v) is 14.8. The molecule has 7 heteroatoms. The highest BCUT2D eigenvalue weighted by Gasteiger charge is 2.12. The Morgan fingerprint density at radius 3 is 2.58 bits per heavy atom. The van der Waals surface area contributed by atoms with Gasteiger partial charge in [-0.2, -0.15) is 9.50 Å². The summed E-state index contributed by atoms with van der Waals surface area (Å²) < 4.78 is 2.03. The van der Waals surface area contributed by atoms with E-state index in [9.17, 15) is 4.79 Å². The lowest BCUT2D eigenvalue weighted by Crippen LogP contribution is -2.23. The summed E-state index contributed by atoms with van der Waals surface area (Å²) in [6.07, 6.45) is 1.88. The fraction of sp³-hybridized carbons (Fsp3) is 0.118. The molecule has 0 aliphatic rings. The van der Waals surface area contributed by atoms with Crippen molar-refractivity contribution < 1.29 is 0 Å². The molecule has 0 atom stereocenters. The first kappa shape index (κ1) is 15.0. The fourth-order valence-electron chi connectivity index (χ4n) is 2.36. The van der Waals surface area contributed by atoms with Crippen LogP contribution in [0.4, 0.5) is 5.69 Å². The minimum Gasteiger partial charge on any atom is -0.378 e. The Hall–Kier alpha value is -2.51. The zero-order valence-electron chi connectivity index (χ0n) is 13.1. The molecule has 4 aromatic rings. The third-order valence-electron chi connectivity index (χ3n) is 3.63. The van der Waals surface area contributed by atoms with Crippen LogP contribution in [0.25, 0.3) is 21.7 Å². The normalized spacial score (nSPS) is 12.2. The molecule has 0 spiro atoms. The molecule has 0 unspecified atom stereocenters. The highest BCUT2D eigenvalue weighted by molar-refractivity contribution is 7.15. The molecule has 0 saturated heterocycles. The molecule has 120 valence electrons. The lowest BCUT2D eigenvalue weighted by Gasteiger charge is -2.11. The molecule has 1 aromatic carbocycles. The molecule has 0 bridgehead atoms. The van der Waals surface area contributed by atoms with Gasteiger partial charge in [0, 0.05) is 19.8 Å². The van der Waals surface area contributed by atoms with Crippen molar-refractivity contribution in [3.63, 3.8) is 0 Å². The molecular weight excluding hydrogens is 340 g/mol. The van der Waals surface area contributed by atoms with Gasteiger partial charge in [0.15, 0.2) is 5.82 Å². The number of aromatic nitrogens is 3. The Morgan fingerprint density at radius 1 is 1.17 bits per heavy atom. The third-order valence-corrected chi connectivity index (χ3v) is 5.46. The minimum absolute atomic E-state index is 0.123. The Morgan fingerprint density at radius 2 is 1.96 bits per heavy atom. The van der Waals surface area contributed by atoms with Gasteiger partial charge >= 0.3 is 0 Å². The Kier molecular flexibility index (Phi) is 3.66. The first-order valence-electron chi connectivity index (χ1n) is 7.34. The number of hydrogen-bond acceptors (Lipinski definition) is 6. The number of thiazole rings is 1. The summed E-state index contributed by atoms with van der Waals surface area (Å²) in [5, 5.41) is 6.31. The summed E-state index contributed by atoms with van der Waals surface area (Å²) >= 11 is 2.93. The maximum Gasteiger partial charge on any atom is 0.291 e. The largest absolute Gasteiger partial charge is 0.378 e. The molecule has 4 rings (SSSR count). The molecule has 0 amide bonds. The molecule has 5 nitrogen and oxygen atoms in total. The van der Waals surface area contributed by atoms with Crippen LogP contribution < -0.4 is 15.0 Å². The highest BCUT2D eigenvalue weighted by Crippen LogP contribution is 2.21. The van der Waals surface area contributed by atoms with E-state index in [4.69, 9.17) is 0 Å². The SMILES string of the molecule is CN(C)c1ccc(/C=c2/sc3nc(-c4cccs4)nn3c2=O)cc1. The van der Waals surface area contributed by atoms with Gasteiger partial charge in [-0.3, -0.25) is 4.79 Å². The molecule has 3 heterocycles. The molecule has 3 aromatic heterocycles. The molecule has 0 radical (unpaired) electrons. The number of anilines is 1. The van der Waals surface area contributed by atoms with E-state index < -0.39 is 0 Å². The van der Waals surface area contributed by atoms with Gasteiger partial charge in [0.05, 0.1) is 9.41 Å². The number of nitrogens with zero attached hydrogens (tertiary/aromatic N) is 4. The molecule has 24 heavy (non-hydrogen) atoms. The van der Waals surface area contributed by atoms with Gasteiger partial charge in [-0.1, -0.05) is 29.5 Å². The number of thiophene rings is 1. The van der Waals surface area contributed by atoms with Gasteiger partial charge < -0.3 is 4.90 Å². The van der Waals surface area contributed by atoms with E-state index in [1.54, 1.807) is 11.3 Å². The Balaban J connectivity index is 1.76. The minimum atomic E-state index is -0.123. The van der Waals surface area contributed by atoms with E-state index in [0.29, 0.717) is 15.3 Å². The molecule has 0 aliphatic heterocycles. The quantitative estimate of drug-likeness (QED) is 0.567. The standard InChI is InChI=1S/C17H14N4OS2/c1-20(2)12-7-5-11(6-8-12)10-14-16(22)21-17(24-14)18-15(19-21)13-4-3-9-23-13/h3-10H,1-2H3/b14-10+. The fourth-order valence-corrected chi connectivity index (χ4v) is 3.92. The predicted octanol–water partition coefficient (Wildman–Crippen LogP) is 2.49. The van der Waals surface area contributed by atoms with Crippen molar-refractivity contribution in [1.82, 2.24) is 14.6 Å². The van der Waals surface area contributed by atoms with Crippen molar-refractivity contribution >= 4 is 39.4 Å². The van der Waals surface area contributed by atoms with Gasteiger partial charge in [-0.15, -0.1) is 16.4 Å². The maximum absolute atomic E-state index is 12.5. The van der Waals surface area contributed by atoms with Crippen LogP contribution in [-0.2, 0) is 0 Å². The zero-order chi connectivity index (χ0) is 16.7. The summed E-state index contributed by atoms with van der Waals surface area (Å²) in [7, 11) is 4.00. The first-order valence-corrected chi connectivity index (χ1v) is 9.04. The molecule has 0 saturated carbocycles. The van der Waals surface area contributed by atoms with Gasteiger partial charge in [-0.05, 0) is 35.2 Å². The van der Waals surface area contributed by atoms with E-state index in [-0.39, 0.29) is 5.56 Å². The number of hydrogen-bond donors (Lipinski definition) is 0. The summed E-state index contributed by atoms with van der Waals surface area (Å²) in [6, 6.07) is 12.0. The second-order valence-corrected chi connectivity index (χ2v) is 7.47. The summed E-state index contributed by atoms with van der Waals surface area (Å²) in [5.74, 6) is 0.607. The van der Waals surface area contributed by atoms with Gasteiger partial charge in [0.25, 0.3) is 5.56 Å². The van der Waals surface area contributed by atoms with Crippen LogP contribution >= 0.6 is 22.7 Å². The molecule has 0 N–H and O–H groups in total. The van der Waals surface area contributed by atoms with E-state index in [0.717, 1.165) is 16.1 Å². The summed E-state index contributed by atoms with van der Waals surface area (Å²) in [6.45, 7) is 0. The number of rotatable bonds is 3. The average Bonchev–Trinajstić information content (AvgIpc) is 3.27. The van der Waals surface area contributed by atoms with Gasteiger partial charge in [0.2, 0.25) is 4.96 Å². The second-order valence-electron chi connectivity index (χ2n) is 5.51. The van der Waals surface area contributed by atoms with E-state index in [1.807, 2.05) is 66.8 Å². The third kappa shape index (κ3) is 2.61. The summed E-state index contributed by atoms with van der Waals surface area (Å²) in [5.41, 5.74) is 1.99. The maximum atomic E-state index is 12.5. The monoisotopic (exact) mass is 354 g/mol. The smallest absolute Gasteiger partial charge is 0.291 e. The van der Waals surface area contributed by atoms with Gasteiger partial charge in [0.1, 0.15) is 0 Å². The lowest BCUT2D eigenvalue weighted by molar-refractivity contribution is 0.938. The van der Waals surface area contributed by atoms with Crippen molar-refractivity contribution in [3.05, 3.63) is 62.2 Å². The van der Waals surface area contributed by atoms with Crippen LogP contribution in [-0.4, -0.2) is 28.7 Å². The average molecular weight is 354 g/mol. The van der Waals surface area contributed by atoms with Crippen LogP contribution in [0, 0.1) is 0 Å². The topological polar surface area (TPSA) is 50.5 Å². The second kappa shape index (κ2) is 5.85. The van der Waals surface area contributed by atoms with Gasteiger partial charge in [-0.25, -0.2) is 0 Å². The van der Waals surface area contributed by atoms with Crippen LogP contribution in [0.1, 0.15) is 5.56 Å². The Bertz CT molecular complexity index is 1090. The molecule has 0 fully saturated rings. The van der Waals surface area contributed by atoms with Crippen LogP contribution in [0.3, 0.4) is 0 Å². The van der Waals surface area contributed by atoms with E-state index >= 15 is 0 Å². The van der Waals surface area contributed by atoms with Crippen molar-refractivity contribution in [2.75, 3.05) is 19.0 Å². The van der Waals surface area contributed by atoms with Crippen molar-refractivity contribution in [3.8, 4) is 10.7 Å². The van der Waals surface area contributed by atoms with Crippen LogP contribution in [0.5, 0.6) is 0 Å².